The van der Waals surface area contributed by atoms with Crippen molar-refractivity contribution in [2.45, 2.75) is 37.8 Å². The molecule has 0 saturated carbocycles. The van der Waals surface area contributed by atoms with Crippen LogP contribution in [0.2, 0.25) is 0 Å². The number of rotatable bonds is 8. The molecule has 19 heavy (non-hydrogen) atoms. The van der Waals surface area contributed by atoms with Gasteiger partial charge in [0.05, 0.1) is 19.2 Å². The highest BCUT2D eigenvalue weighted by Crippen LogP contribution is 2.24. The summed E-state index contributed by atoms with van der Waals surface area (Å²) in [6.45, 7) is 0.328. The molecule has 2 aliphatic rings. The van der Waals surface area contributed by atoms with Crippen LogP contribution in [0.5, 0.6) is 0 Å². The highest BCUT2D eigenvalue weighted by Gasteiger charge is 2.37. The maximum absolute atomic E-state index is 12.0. The molecule has 104 valence electrons. The van der Waals surface area contributed by atoms with Gasteiger partial charge in [0.1, 0.15) is 6.10 Å². The molecule has 0 aromatic heterocycles. The summed E-state index contributed by atoms with van der Waals surface area (Å²) in [5, 5.41) is 4.95. The molecule has 1 saturated heterocycles. The molecular weight excluding hydrogens is 248 g/mol. The van der Waals surface area contributed by atoms with Crippen LogP contribution < -0.4 is 10.6 Å². The van der Waals surface area contributed by atoms with E-state index < -0.39 is 6.04 Å². The lowest BCUT2D eigenvalue weighted by Crippen LogP contribution is -2.46. The lowest BCUT2D eigenvalue weighted by molar-refractivity contribution is -0.128. The smallest absolute Gasteiger partial charge is 0.239 e. The molecule has 1 aliphatic heterocycles. The minimum atomic E-state index is -0.544. The Morgan fingerprint density at radius 3 is 2.89 bits per heavy atom. The molecule has 0 spiro atoms. The van der Waals surface area contributed by atoms with Gasteiger partial charge in [0.2, 0.25) is 12.3 Å². The van der Waals surface area contributed by atoms with Crippen LogP contribution in [0.1, 0.15) is 25.7 Å². The Labute approximate surface area is 111 Å². The molecule has 6 heteroatoms. The van der Waals surface area contributed by atoms with E-state index in [-0.39, 0.29) is 24.3 Å². The lowest BCUT2D eigenvalue weighted by atomic mass is 10.0. The lowest BCUT2D eigenvalue weighted by Gasteiger charge is -2.17. The van der Waals surface area contributed by atoms with Crippen molar-refractivity contribution in [2.75, 3.05) is 13.2 Å². The number of epoxide rings is 1. The zero-order valence-corrected chi connectivity index (χ0v) is 10.7. The Balaban J connectivity index is 1.90. The van der Waals surface area contributed by atoms with Crippen molar-refractivity contribution in [1.29, 1.82) is 0 Å². The van der Waals surface area contributed by atoms with Gasteiger partial charge in [-0.1, -0.05) is 11.6 Å². The molecule has 2 N–H and O–H groups in total. The number of allylic oxidation sites excluding steroid dienone is 1. The first-order valence-electron chi connectivity index (χ1n) is 6.50. The number of hydrogen-bond acceptors (Lipinski definition) is 4. The van der Waals surface area contributed by atoms with E-state index in [9.17, 15) is 14.4 Å². The minimum absolute atomic E-state index is 0.0766. The van der Waals surface area contributed by atoms with Gasteiger partial charge < -0.3 is 15.4 Å². The first-order valence-corrected chi connectivity index (χ1v) is 6.50. The number of nitrogens with one attached hydrogen (secondary N) is 2. The molecule has 2 atom stereocenters. The van der Waals surface area contributed by atoms with Gasteiger partial charge in [-0.05, 0) is 25.7 Å². The largest absolute Gasteiger partial charge is 0.365 e. The van der Waals surface area contributed by atoms with Crippen molar-refractivity contribution in [3.8, 4) is 0 Å². The van der Waals surface area contributed by atoms with Crippen LogP contribution in [-0.4, -0.2) is 43.4 Å². The Bertz CT molecular complexity index is 401. The van der Waals surface area contributed by atoms with Gasteiger partial charge in [0, 0.05) is 0 Å². The third kappa shape index (κ3) is 4.17. The number of ketones is 1. The molecule has 1 unspecified atom stereocenters. The van der Waals surface area contributed by atoms with E-state index >= 15 is 0 Å². The fourth-order valence-corrected chi connectivity index (χ4v) is 2.22. The second kappa shape index (κ2) is 6.47. The average Bonchev–Trinajstić information content (AvgIpc) is 3.13. The first kappa shape index (κ1) is 13.7. The van der Waals surface area contributed by atoms with Crippen molar-refractivity contribution in [1.82, 2.24) is 10.6 Å². The van der Waals surface area contributed by atoms with Crippen molar-refractivity contribution >= 4 is 18.1 Å². The molecule has 1 fully saturated rings. The summed E-state index contributed by atoms with van der Waals surface area (Å²) < 4.78 is 4.99. The van der Waals surface area contributed by atoms with Gasteiger partial charge in [-0.15, -0.1) is 0 Å². The number of ether oxygens (including phenoxy) is 1. The summed E-state index contributed by atoms with van der Waals surface area (Å²) >= 11 is 0. The van der Waals surface area contributed by atoms with Gasteiger partial charge in [-0.2, -0.15) is 0 Å². The highest BCUT2D eigenvalue weighted by molar-refractivity contribution is 5.94. The number of carbonyl (C=O) groups excluding carboxylic acids is 3. The Kier molecular flexibility index (Phi) is 4.68. The van der Waals surface area contributed by atoms with Crippen LogP contribution in [0.25, 0.3) is 0 Å². The van der Waals surface area contributed by atoms with Gasteiger partial charge in [0.15, 0.2) is 5.78 Å². The zero-order chi connectivity index (χ0) is 13.7. The summed E-state index contributed by atoms with van der Waals surface area (Å²) in [4.78, 5) is 33.8. The minimum Gasteiger partial charge on any atom is -0.365 e. The number of amides is 2. The summed E-state index contributed by atoms with van der Waals surface area (Å²) in [7, 11) is 0. The monoisotopic (exact) mass is 266 g/mol. The van der Waals surface area contributed by atoms with E-state index in [4.69, 9.17) is 4.74 Å². The van der Waals surface area contributed by atoms with Crippen LogP contribution in [0.4, 0.5) is 0 Å². The maximum Gasteiger partial charge on any atom is 0.239 e. The van der Waals surface area contributed by atoms with Crippen LogP contribution in [0.15, 0.2) is 11.6 Å². The van der Waals surface area contributed by atoms with Crippen LogP contribution >= 0.6 is 0 Å². The molecule has 0 aromatic rings. The molecule has 0 bridgehead atoms. The average molecular weight is 266 g/mol. The molecule has 0 radical (unpaired) electrons. The molecule has 6 nitrogen and oxygen atoms in total. The second-order valence-electron chi connectivity index (χ2n) is 4.80. The van der Waals surface area contributed by atoms with E-state index in [0.29, 0.717) is 19.4 Å². The quantitative estimate of drug-likeness (QED) is 0.358. The predicted molar refractivity (Wildman–Crippen MR) is 67.3 cm³/mol. The van der Waals surface area contributed by atoms with Crippen molar-refractivity contribution in [3.63, 3.8) is 0 Å². The molecule has 1 aliphatic carbocycles. The second-order valence-corrected chi connectivity index (χ2v) is 4.80. The number of carbonyl (C=O) groups is 3. The number of Topliss-reactive ketones (excluding diaryl/α,β-unsaturated/α-hetero) is 1. The third-order valence-corrected chi connectivity index (χ3v) is 3.28. The van der Waals surface area contributed by atoms with Crippen LogP contribution in [-0.2, 0) is 19.1 Å². The summed E-state index contributed by atoms with van der Waals surface area (Å²) in [6.07, 6.45) is 5.90. The third-order valence-electron chi connectivity index (χ3n) is 3.28. The molecule has 2 amide bonds. The standard InChI is InChI=1S/C13H18N2O4/c16-8-14-6-12(17)15-10(13(18)11-7-19-11)5-9-3-1-2-4-9/h3,8,10-11H,1-2,4-7H2,(H,14,16)(H,15,17)/t10?,11-/m1/s1. The predicted octanol–water partition coefficient (Wildman–Crippen LogP) is -0.315. The number of hydrogen-bond donors (Lipinski definition) is 2. The zero-order valence-electron chi connectivity index (χ0n) is 10.7. The molecule has 2 rings (SSSR count). The van der Waals surface area contributed by atoms with Gasteiger partial charge >= 0.3 is 0 Å². The van der Waals surface area contributed by atoms with Gasteiger partial charge in [-0.3, -0.25) is 14.4 Å². The molecular formula is C13H18N2O4. The van der Waals surface area contributed by atoms with Crippen LogP contribution in [0.3, 0.4) is 0 Å². The summed E-state index contributed by atoms with van der Waals surface area (Å²) in [5.74, 6) is -0.433. The van der Waals surface area contributed by atoms with Crippen molar-refractivity contribution in [2.24, 2.45) is 0 Å². The molecule has 0 aromatic carbocycles. The fourth-order valence-electron chi connectivity index (χ4n) is 2.22. The Hall–Kier alpha value is -1.69. The fraction of sp³-hybridized carbons (Fsp3) is 0.615. The van der Waals surface area contributed by atoms with E-state index in [1.165, 1.54) is 5.57 Å². The van der Waals surface area contributed by atoms with Gasteiger partial charge in [-0.25, -0.2) is 0 Å². The topological polar surface area (TPSA) is 87.8 Å². The summed E-state index contributed by atoms with van der Waals surface area (Å²) in [5.41, 5.74) is 1.21. The van der Waals surface area contributed by atoms with E-state index in [2.05, 4.69) is 16.7 Å². The maximum atomic E-state index is 12.0. The SMILES string of the molecule is O=CNCC(=O)NC(CC1=CCCC1)C(=O)[C@H]1CO1. The molecule has 1 heterocycles. The normalized spacial score (nSPS) is 22.3. The van der Waals surface area contributed by atoms with E-state index in [1.807, 2.05) is 0 Å². The van der Waals surface area contributed by atoms with E-state index in [1.54, 1.807) is 0 Å². The Morgan fingerprint density at radius 2 is 2.32 bits per heavy atom. The highest BCUT2D eigenvalue weighted by atomic mass is 16.6. The van der Waals surface area contributed by atoms with Crippen LogP contribution in [0, 0.1) is 0 Å². The Morgan fingerprint density at radius 1 is 1.53 bits per heavy atom. The van der Waals surface area contributed by atoms with E-state index in [0.717, 1.165) is 19.3 Å². The summed E-state index contributed by atoms with van der Waals surface area (Å²) in [6, 6.07) is -0.544. The van der Waals surface area contributed by atoms with Crippen molar-refractivity contribution in [3.05, 3.63) is 11.6 Å². The first-order chi connectivity index (χ1) is 9.20. The van der Waals surface area contributed by atoms with Crippen molar-refractivity contribution < 1.29 is 19.1 Å². The van der Waals surface area contributed by atoms with Gasteiger partial charge in [0.25, 0.3) is 0 Å².